The van der Waals surface area contributed by atoms with Crippen molar-refractivity contribution in [3.63, 3.8) is 0 Å². The topological polar surface area (TPSA) is 28.8 Å². The van der Waals surface area contributed by atoms with Crippen LogP contribution < -0.4 is 0 Å². The van der Waals surface area contributed by atoms with Crippen LogP contribution in [0, 0.1) is 20.8 Å². The van der Waals surface area contributed by atoms with E-state index in [1.807, 2.05) is 0 Å². The molecule has 0 spiro atoms. The highest BCUT2D eigenvalue weighted by Crippen LogP contribution is 2.56. The summed E-state index contributed by atoms with van der Waals surface area (Å²) in [5.74, 6) is -0.107. The van der Waals surface area contributed by atoms with Crippen molar-refractivity contribution in [2.75, 3.05) is 6.54 Å². The molecule has 0 saturated heterocycles. The fourth-order valence-electron chi connectivity index (χ4n) is 10.5. The Morgan fingerprint density at radius 1 is 0.438 bits per heavy atom. The lowest BCUT2D eigenvalue weighted by Gasteiger charge is -2.24. The van der Waals surface area contributed by atoms with Crippen molar-refractivity contribution in [2.45, 2.75) is 46.0 Å². The molecule has 3 nitrogen and oxygen atoms in total. The first-order chi connectivity index (χ1) is 31.5. The summed E-state index contributed by atoms with van der Waals surface area (Å²) in [6.07, 6.45) is 2.82. The molecule has 8 aromatic carbocycles. The average molecular weight is 825 g/mol. The summed E-state index contributed by atoms with van der Waals surface area (Å²) in [5.41, 5.74) is 25.9. The van der Waals surface area contributed by atoms with E-state index >= 15 is 0 Å². The van der Waals surface area contributed by atoms with E-state index in [9.17, 15) is 0 Å². The summed E-state index contributed by atoms with van der Waals surface area (Å²) in [4.78, 5) is 0. The lowest BCUT2D eigenvalue weighted by molar-refractivity contribution is -0.444. The van der Waals surface area contributed by atoms with E-state index in [0.717, 1.165) is 37.2 Å². The molecule has 308 valence electrons. The molecule has 2 aliphatic rings. The summed E-state index contributed by atoms with van der Waals surface area (Å²) in [5, 5.41) is 9.95. The molecule has 9 aromatic rings. The molecule has 0 unspecified atom stereocenters. The van der Waals surface area contributed by atoms with Crippen LogP contribution in [0.15, 0.2) is 194 Å². The smallest absolute Gasteiger partial charge is 0.193 e. The Morgan fingerprint density at radius 2 is 0.891 bits per heavy atom. The molecule has 0 atom stereocenters. The fraction of sp³-hybridized carbons (Fsp3) is 0.131. The van der Waals surface area contributed by atoms with Gasteiger partial charge in [-0.25, -0.2) is 0 Å². The molecular weight excluding hydrogens is 775 g/mol. The largest absolute Gasteiger partial charge is 0.234 e. The zero-order valence-electron chi connectivity index (χ0n) is 36.7. The number of hydrogen-bond acceptors (Lipinski definition) is 2. The molecular formula is C61H50N3+. The van der Waals surface area contributed by atoms with Gasteiger partial charge in [-0.05, 0) is 135 Å². The van der Waals surface area contributed by atoms with Crippen LogP contribution in [0.25, 0.3) is 55.6 Å². The first kappa shape index (κ1) is 39.4. The second-order valence-electron chi connectivity index (χ2n) is 17.5. The van der Waals surface area contributed by atoms with Gasteiger partial charge >= 0.3 is 0 Å². The van der Waals surface area contributed by atoms with Crippen LogP contribution in [-0.2, 0) is 12.8 Å². The third-order valence-corrected chi connectivity index (χ3v) is 13.6. The molecule has 11 rings (SSSR count). The van der Waals surface area contributed by atoms with Crippen molar-refractivity contribution in [1.82, 2.24) is 10.2 Å². The Bertz CT molecular complexity index is 3070. The minimum atomic E-state index is -0.107. The molecule has 0 fully saturated rings. The SMILES string of the molecule is Cc1ccc(CCC2=[N+](c3c(C)nnc(C)c3C3c4cc(-c5ccccc5)c(-c5ccccc5)cc4-c4cc(-c5ccccc5)c(-c5ccccc5)cc43)CCc3ccccc32)cc1. The maximum Gasteiger partial charge on any atom is 0.234 e. The highest BCUT2D eigenvalue weighted by Gasteiger charge is 2.40. The molecule has 1 aliphatic heterocycles. The van der Waals surface area contributed by atoms with Crippen molar-refractivity contribution >= 4 is 11.4 Å². The highest BCUT2D eigenvalue weighted by molar-refractivity contribution is 6.00. The molecule has 0 bridgehead atoms. The molecule has 0 saturated carbocycles. The van der Waals surface area contributed by atoms with E-state index in [0.29, 0.717) is 0 Å². The molecule has 1 aromatic heterocycles. The standard InChI is InChI=1S/C61H50N3/c1-40-28-30-43(31-29-40)32-33-58-49-27-17-16-26-48(49)34-35-64(58)61-42(3)63-62-41(2)59(61)60-56-38-52(46-22-12-6-13-23-46)50(44-18-8-4-9-19-44)36-54(56)55-37-51(45-20-10-5-11-21-45)53(39-57(55)60)47-24-14-7-15-25-47/h4-31,36-39,60H,32-35H2,1-3H3/q+1. The summed E-state index contributed by atoms with van der Waals surface area (Å²) in [6, 6.07) is 71.7. The Kier molecular flexibility index (Phi) is 10.2. The molecule has 2 heterocycles. The van der Waals surface area contributed by atoms with Crippen LogP contribution in [0.5, 0.6) is 0 Å². The molecule has 0 amide bonds. The lowest BCUT2D eigenvalue weighted by Crippen LogP contribution is -2.29. The van der Waals surface area contributed by atoms with Crippen LogP contribution in [0.4, 0.5) is 5.69 Å². The van der Waals surface area contributed by atoms with Gasteiger partial charge in [0, 0.05) is 24.3 Å². The highest BCUT2D eigenvalue weighted by atomic mass is 15.1. The number of nitrogens with zero attached hydrogens (tertiary/aromatic N) is 3. The van der Waals surface area contributed by atoms with E-state index in [1.165, 1.54) is 106 Å². The molecule has 0 N–H and O–H groups in total. The fourth-order valence-corrected chi connectivity index (χ4v) is 10.5. The molecule has 1 aliphatic carbocycles. The normalized spacial score (nSPS) is 13.1. The Morgan fingerprint density at radius 3 is 1.41 bits per heavy atom. The summed E-state index contributed by atoms with van der Waals surface area (Å²) >= 11 is 0. The Hall–Kier alpha value is -7.49. The van der Waals surface area contributed by atoms with Crippen LogP contribution in [0.2, 0.25) is 0 Å². The van der Waals surface area contributed by atoms with Gasteiger partial charge in [0.2, 0.25) is 5.69 Å². The van der Waals surface area contributed by atoms with Gasteiger partial charge in [0.1, 0.15) is 5.69 Å². The van der Waals surface area contributed by atoms with Gasteiger partial charge in [-0.2, -0.15) is 9.67 Å². The number of rotatable bonds is 9. The lowest BCUT2D eigenvalue weighted by atomic mass is 9.82. The quantitative estimate of drug-likeness (QED) is 0.136. The Balaban J connectivity index is 1.22. The maximum atomic E-state index is 5.00. The number of fused-ring (bicyclic) bond motifs is 4. The third-order valence-electron chi connectivity index (χ3n) is 13.6. The zero-order valence-corrected chi connectivity index (χ0v) is 36.7. The molecule has 0 radical (unpaired) electrons. The van der Waals surface area contributed by atoms with Gasteiger partial charge < -0.3 is 0 Å². The first-order valence-electron chi connectivity index (χ1n) is 22.7. The maximum absolute atomic E-state index is 5.00. The van der Waals surface area contributed by atoms with E-state index < -0.39 is 0 Å². The van der Waals surface area contributed by atoms with Gasteiger partial charge in [-0.1, -0.05) is 169 Å². The predicted octanol–water partition coefficient (Wildman–Crippen LogP) is 14.6. The van der Waals surface area contributed by atoms with Gasteiger partial charge in [0.15, 0.2) is 12.3 Å². The van der Waals surface area contributed by atoms with E-state index in [4.69, 9.17) is 10.2 Å². The Labute approximate surface area is 377 Å². The van der Waals surface area contributed by atoms with Crippen LogP contribution in [0.1, 0.15) is 62.7 Å². The first-order valence-corrected chi connectivity index (χ1v) is 22.7. The van der Waals surface area contributed by atoms with E-state index in [-0.39, 0.29) is 5.92 Å². The van der Waals surface area contributed by atoms with Crippen LogP contribution in [-0.4, -0.2) is 27.0 Å². The summed E-state index contributed by atoms with van der Waals surface area (Å²) in [7, 11) is 0. The second kappa shape index (κ2) is 16.7. The minimum absolute atomic E-state index is 0.107. The number of aryl methyl sites for hydroxylation is 4. The van der Waals surface area contributed by atoms with Gasteiger partial charge in [-0.3, -0.25) is 0 Å². The number of hydrogen-bond donors (Lipinski definition) is 0. The van der Waals surface area contributed by atoms with Crippen molar-refractivity contribution in [1.29, 1.82) is 0 Å². The van der Waals surface area contributed by atoms with Crippen molar-refractivity contribution < 1.29 is 4.58 Å². The van der Waals surface area contributed by atoms with Gasteiger partial charge in [0.25, 0.3) is 0 Å². The van der Waals surface area contributed by atoms with Crippen LogP contribution in [0.3, 0.4) is 0 Å². The van der Waals surface area contributed by atoms with Crippen LogP contribution >= 0.6 is 0 Å². The van der Waals surface area contributed by atoms with E-state index in [1.54, 1.807) is 0 Å². The summed E-state index contributed by atoms with van der Waals surface area (Å²) < 4.78 is 2.63. The minimum Gasteiger partial charge on any atom is -0.193 e. The molecule has 64 heavy (non-hydrogen) atoms. The predicted molar refractivity (Wildman–Crippen MR) is 265 cm³/mol. The molecule has 3 heteroatoms. The number of benzene rings is 8. The van der Waals surface area contributed by atoms with Gasteiger partial charge in [-0.15, -0.1) is 5.10 Å². The van der Waals surface area contributed by atoms with Crippen molar-refractivity contribution in [3.05, 3.63) is 244 Å². The number of aromatic nitrogens is 2. The monoisotopic (exact) mass is 824 g/mol. The summed E-state index contributed by atoms with van der Waals surface area (Å²) in [6.45, 7) is 7.38. The average Bonchev–Trinajstić information content (AvgIpc) is 3.66. The van der Waals surface area contributed by atoms with E-state index in [2.05, 4.69) is 219 Å². The zero-order chi connectivity index (χ0) is 43.1. The van der Waals surface area contributed by atoms with Gasteiger partial charge in [0.05, 0.1) is 11.3 Å². The van der Waals surface area contributed by atoms with Crippen molar-refractivity contribution in [2.24, 2.45) is 0 Å². The third kappa shape index (κ3) is 7.08. The van der Waals surface area contributed by atoms with Crippen molar-refractivity contribution in [3.8, 4) is 55.6 Å². The second-order valence-corrected chi connectivity index (χ2v) is 17.5.